The van der Waals surface area contributed by atoms with E-state index in [-0.39, 0.29) is 15.6 Å². The van der Waals surface area contributed by atoms with Gasteiger partial charge >= 0.3 is 0 Å². The fourth-order valence-corrected chi connectivity index (χ4v) is 2.73. The van der Waals surface area contributed by atoms with Crippen LogP contribution < -0.4 is 10.5 Å². The number of halogens is 3. The second kappa shape index (κ2) is 4.94. The molecule has 0 unspecified atom stereocenters. The van der Waals surface area contributed by atoms with E-state index in [0.29, 0.717) is 0 Å². The summed E-state index contributed by atoms with van der Waals surface area (Å²) in [7, 11) is -4.10. The quantitative estimate of drug-likeness (QED) is 0.814. The normalized spacial score (nSPS) is 12.0. The van der Waals surface area contributed by atoms with Crippen LogP contribution in [0.3, 0.4) is 0 Å². The van der Waals surface area contributed by atoms with Gasteiger partial charge in [0.05, 0.1) is 17.3 Å². The van der Waals surface area contributed by atoms with Gasteiger partial charge in [-0.3, -0.25) is 0 Å². The number of benzene rings is 1. The van der Waals surface area contributed by atoms with Crippen LogP contribution in [0.25, 0.3) is 0 Å². The Morgan fingerprint density at radius 2 is 2.06 bits per heavy atom. The minimum absolute atomic E-state index is 0.0886. The van der Waals surface area contributed by atoms with E-state index in [9.17, 15) is 17.2 Å². The SMILES string of the molecule is Nc1cccc(Cl)c1S(=O)(=O)NCC(F)F. The van der Waals surface area contributed by atoms with Crippen molar-refractivity contribution in [2.75, 3.05) is 12.3 Å². The second-order valence-electron chi connectivity index (χ2n) is 2.90. The van der Waals surface area contributed by atoms with E-state index in [1.54, 1.807) is 4.72 Å². The summed E-state index contributed by atoms with van der Waals surface area (Å²) in [4.78, 5) is -0.377. The maximum absolute atomic E-state index is 11.9. The molecule has 0 amide bonds. The summed E-state index contributed by atoms with van der Waals surface area (Å²) in [5, 5.41) is -0.109. The first-order valence-electron chi connectivity index (χ1n) is 4.16. The van der Waals surface area contributed by atoms with Gasteiger partial charge in [0.15, 0.2) is 0 Å². The Balaban J connectivity index is 3.08. The Morgan fingerprint density at radius 3 is 2.56 bits per heavy atom. The minimum atomic E-state index is -4.10. The average Bonchev–Trinajstić information content (AvgIpc) is 2.14. The summed E-state index contributed by atoms with van der Waals surface area (Å²) in [5.74, 6) is 0. The van der Waals surface area contributed by atoms with E-state index in [4.69, 9.17) is 17.3 Å². The zero-order valence-electron chi connectivity index (χ0n) is 7.95. The van der Waals surface area contributed by atoms with Crippen LogP contribution >= 0.6 is 11.6 Å². The molecule has 90 valence electrons. The Bertz CT molecular complexity index is 459. The first-order chi connectivity index (χ1) is 7.34. The van der Waals surface area contributed by atoms with Gasteiger partial charge in [-0.25, -0.2) is 21.9 Å². The van der Waals surface area contributed by atoms with Crippen LogP contribution in [0.2, 0.25) is 5.02 Å². The number of hydrogen-bond donors (Lipinski definition) is 2. The Labute approximate surface area is 96.4 Å². The van der Waals surface area contributed by atoms with Crippen LogP contribution in [-0.4, -0.2) is 21.4 Å². The van der Waals surface area contributed by atoms with Crippen LogP contribution in [0.5, 0.6) is 0 Å². The Hall–Kier alpha value is -0.920. The zero-order chi connectivity index (χ0) is 12.3. The molecule has 0 bridgehead atoms. The lowest BCUT2D eigenvalue weighted by Gasteiger charge is -2.09. The molecule has 0 atom stereocenters. The standard InChI is InChI=1S/C8H9ClF2N2O2S/c9-5-2-1-3-6(12)8(5)16(14,15)13-4-7(10)11/h1-3,7,13H,4,12H2. The molecule has 0 heterocycles. The molecular formula is C8H9ClF2N2O2S. The van der Waals surface area contributed by atoms with Gasteiger partial charge in [-0.2, -0.15) is 0 Å². The van der Waals surface area contributed by atoms with E-state index >= 15 is 0 Å². The fourth-order valence-electron chi connectivity index (χ4n) is 1.05. The molecule has 1 rings (SSSR count). The van der Waals surface area contributed by atoms with Crippen molar-refractivity contribution < 1.29 is 17.2 Å². The zero-order valence-corrected chi connectivity index (χ0v) is 9.52. The van der Waals surface area contributed by atoms with Gasteiger partial charge in [0.1, 0.15) is 4.90 Å². The summed E-state index contributed by atoms with van der Waals surface area (Å²) in [6.07, 6.45) is -2.78. The van der Waals surface area contributed by atoms with Gasteiger partial charge in [0.25, 0.3) is 6.43 Å². The van der Waals surface area contributed by atoms with E-state index < -0.39 is 23.0 Å². The van der Waals surface area contributed by atoms with E-state index in [1.807, 2.05) is 0 Å². The third-order valence-corrected chi connectivity index (χ3v) is 3.66. The molecule has 8 heteroatoms. The van der Waals surface area contributed by atoms with Gasteiger partial charge in [0.2, 0.25) is 10.0 Å². The number of sulfonamides is 1. The average molecular weight is 271 g/mol. The lowest BCUT2D eigenvalue weighted by atomic mass is 10.3. The molecule has 16 heavy (non-hydrogen) atoms. The summed E-state index contributed by atoms with van der Waals surface area (Å²) in [6.45, 7) is -0.979. The van der Waals surface area contributed by atoms with Crippen LogP contribution in [0.15, 0.2) is 23.1 Å². The number of hydrogen-bond acceptors (Lipinski definition) is 3. The number of rotatable bonds is 4. The molecule has 0 saturated carbocycles. The van der Waals surface area contributed by atoms with E-state index in [0.717, 1.165) is 0 Å². The molecule has 0 fully saturated rings. The molecule has 0 saturated heterocycles. The van der Waals surface area contributed by atoms with Gasteiger partial charge < -0.3 is 5.73 Å². The van der Waals surface area contributed by atoms with Crippen molar-refractivity contribution in [3.63, 3.8) is 0 Å². The van der Waals surface area contributed by atoms with Crippen LogP contribution in [0.4, 0.5) is 14.5 Å². The summed E-state index contributed by atoms with van der Waals surface area (Å²) < 4.78 is 48.6. The minimum Gasteiger partial charge on any atom is -0.398 e. The van der Waals surface area contributed by atoms with E-state index in [2.05, 4.69) is 0 Å². The largest absolute Gasteiger partial charge is 0.398 e. The molecule has 3 N–H and O–H groups in total. The molecule has 1 aromatic rings. The highest BCUT2D eigenvalue weighted by molar-refractivity contribution is 7.89. The van der Waals surface area contributed by atoms with Crippen LogP contribution in [0.1, 0.15) is 0 Å². The first-order valence-corrected chi connectivity index (χ1v) is 6.02. The number of nitrogens with two attached hydrogens (primary N) is 1. The van der Waals surface area contributed by atoms with Gasteiger partial charge in [0, 0.05) is 0 Å². The summed E-state index contributed by atoms with van der Waals surface area (Å²) in [5.41, 5.74) is 5.33. The highest BCUT2D eigenvalue weighted by atomic mass is 35.5. The topological polar surface area (TPSA) is 72.2 Å². The van der Waals surface area contributed by atoms with Crippen molar-refractivity contribution in [3.05, 3.63) is 23.2 Å². The van der Waals surface area contributed by atoms with Crippen LogP contribution in [0, 0.1) is 0 Å². The van der Waals surface area contributed by atoms with Crippen molar-refractivity contribution in [2.24, 2.45) is 0 Å². The molecule has 0 aliphatic rings. The van der Waals surface area contributed by atoms with Crippen molar-refractivity contribution in [3.8, 4) is 0 Å². The number of anilines is 1. The highest BCUT2D eigenvalue weighted by Gasteiger charge is 2.21. The fraction of sp³-hybridized carbons (Fsp3) is 0.250. The molecular weight excluding hydrogens is 262 g/mol. The third-order valence-electron chi connectivity index (χ3n) is 1.69. The van der Waals surface area contributed by atoms with Crippen molar-refractivity contribution in [1.82, 2.24) is 4.72 Å². The first kappa shape index (κ1) is 13.1. The Morgan fingerprint density at radius 1 is 1.44 bits per heavy atom. The Kier molecular flexibility index (Phi) is 4.06. The molecule has 4 nitrogen and oxygen atoms in total. The van der Waals surface area contributed by atoms with Gasteiger partial charge in [-0.15, -0.1) is 0 Å². The van der Waals surface area contributed by atoms with Gasteiger partial charge in [-0.1, -0.05) is 17.7 Å². The predicted octanol–water partition coefficient (Wildman–Crippen LogP) is 1.47. The molecule has 0 aliphatic heterocycles. The molecule has 1 aromatic carbocycles. The van der Waals surface area contributed by atoms with Crippen molar-refractivity contribution in [2.45, 2.75) is 11.3 Å². The third kappa shape index (κ3) is 3.03. The van der Waals surface area contributed by atoms with Crippen molar-refractivity contribution in [1.29, 1.82) is 0 Å². The maximum Gasteiger partial charge on any atom is 0.251 e. The number of nitrogen functional groups attached to an aromatic ring is 1. The molecule has 0 aliphatic carbocycles. The second-order valence-corrected chi connectivity index (χ2v) is 5.01. The summed E-state index contributed by atoms with van der Waals surface area (Å²) in [6, 6.07) is 4.10. The smallest absolute Gasteiger partial charge is 0.251 e. The highest BCUT2D eigenvalue weighted by Crippen LogP contribution is 2.26. The number of nitrogens with one attached hydrogen (secondary N) is 1. The monoisotopic (exact) mass is 270 g/mol. The molecule has 0 aromatic heterocycles. The molecule has 0 radical (unpaired) electrons. The lowest BCUT2D eigenvalue weighted by molar-refractivity contribution is 0.153. The van der Waals surface area contributed by atoms with Gasteiger partial charge in [-0.05, 0) is 12.1 Å². The van der Waals surface area contributed by atoms with Crippen molar-refractivity contribution >= 4 is 27.3 Å². The lowest BCUT2D eigenvalue weighted by Crippen LogP contribution is -2.29. The summed E-state index contributed by atoms with van der Waals surface area (Å²) >= 11 is 5.64. The van der Waals surface area contributed by atoms with E-state index in [1.165, 1.54) is 18.2 Å². The molecule has 0 spiro atoms. The van der Waals surface area contributed by atoms with Crippen LogP contribution in [-0.2, 0) is 10.0 Å². The number of alkyl halides is 2. The predicted molar refractivity (Wildman–Crippen MR) is 57.1 cm³/mol. The maximum atomic E-state index is 11.9.